The Labute approximate surface area is 141 Å². The zero-order valence-corrected chi connectivity index (χ0v) is 14.4. The first-order valence-electron chi connectivity index (χ1n) is 7.86. The Hall–Kier alpha value is -2.63. The number of fused-ring (bicyclic) bond motifs is 1. The van der Waals surface area contributed by atoms with E-state index in [9.17, 15) is 4.79 Å². The van der Waals surface area contributed by atoms with Gasteiger partial charge in [0.15, 0.2) is 11.5 Å². The van der Waals surface area contributed by atoms with Gasteiger partial charge in [0.2, 0.25) is 0 Å². The second kappa shape index (κ2) is 6.47. The molecule has 126 valence electrons. The molecule has 0 spiro atoms. The van der Waals surface area contributed by atoms with E-state index < -0.39 is 0 Å². The highest BCUT2D eigenvalue weighted by molar-refractivity contribution is 5.96. The van der Waals surface area contributed by atoms with E-state index in [-0.39, 0.29) is 5.91 Å². The number of benzene rings is 1. The van der Waals surface area contributed by atoms with Gasteiger partial charge in [-0.15, -0.1) is 0 Å². The summed E-state index contributed by atoms with van der Waals surface area (Å²) in [5.74, 6) is 1.38. The third-order valence-corrected chi connectivity index (χ3v) is 4.45. The van der Waals surface area contributed by atoms with Crippen LogP contribution in [0.3, 0.4) is 0 Å². The van der Waals surface area contributed by atoms with Crippen molar-refractivity contribution in [2.24, 2.45) is 0 Å². The van der Waals surface area contributed by atoms with Crippen molar-refractivity contribution in [2.45, 2.75) is 26.8 Å². The molecule has 24 heavy (non-hydrogen) atoms. The van der Waals surface area contributed by atoms with E-state index in [2.05, 4.69) is 9.97 Å². The van der Waals surface area contributed by atoms with Gasteiger partial charge in [-0.1, -0.05) is 0 Å². The molecule has 0 fully saturated rings. The van der Waals surface area contributed by atoms with Crippen LogP contribution >= 0.6 is 0 Å². The fraction of sp³-hybridized carbons (Fsp3) is 0.389. The molecule has 2 aromatic rings. The van der Waals surface area contributed by atoms with Crippen molar-refractivity contribution in [3.8, 4) is 11.5 Å². The molecule has 1 aromatic carbocycles. The first-order valence-corrected chi connectivity index (χ1v) is 7.86. The number of hydrogen-bond donors (Lipinski definition) is 0. The number of ether oxygens (including phenoxy) is 2. The monoisotopic (exact) mass is 327 g/mol. The normalized spacial score (nSPS) is 13.4. The molecule has 3 rings (SSSR count). The van der Waals surface area contributed by atoms with Crippen LogP contribution in [0.15, 0.2) is 18.5 Å². The number of carbonyl (C=O) groups is 1. The van der Waals surface area contributed by atoms with Gasteiger partial charge in [0.05, 0.1) is 31.2 Å². The molecule has 6 heteroatoms. The van der Waals surface area contributed by atoms with Gasteiger partial charge in [0.25, 0.3) is 5.91 Å². The maximum Gasteiger partial charge on any atom is 0.257 e. The van der Waals surface area contributed by atoms with Crippen molar-refractivity contribution in [3.05, 3.63) is 46.5 Å². The summed E-state index contributed by atoms with van der Waals surface area (Å²) in [5.41, 5.74) is 4.30. The summed E-state index contributed by atoms with van der Waals surface area (Å²) < 4.78 is 10.7. The molecule has 1 amide bonds. The molecule has 6 nitrogen and oxygen atoms in total. The Bertz CT molecular complexity index is 769. The molecule has 0 aliphatic carbocycles. The van der Waals surface area contributed by atoms with E-state index in [1.54, 1.807) is 14.2 Å². The smallest absolute Gasteiger partial charge is 0.257 e. The number of rotatable bonds is 3. The van der Waals surface area contributed by atoms with Crippen molar-refractivity contribution in [1.82, 2.24) is 14.9 Å². The molecule has 0 radical (unpaired) electrons. The Kier molecular flexibility index (Phi) is 4.38. The lowest BCUT2D eigenvalue weighted by molar-refractivity contribution is 0.0732. The number of amides is 1. The van der Waals surface area contributed by atoms with E-state index in [4.69, 9.17) is 9.47 Å². The van der Waals surface area contributed by atoms with Crippen molar-refractivity contribution in [3.63, 3.8) is 0 Å². The zero-order chi connectivity index (χ0) is 17.3. The van der Waals surface area contributed by atoms with E-state index in [0.29, 0.717) is 35.8 Å². The van der Waals surface area contributed by atoms with Crippen LogP contribution in [0.4, 0.5) is 0 Å². The molecular formula is C18H21N3O3. The van der Waals surface area contributed by atoms with Crippen LogP contribution in [0.1, 0.15) is 32.9 Å². The van der Waals surface area contributed by atoms with Gasteiger partial charge >= 0.3 is 0 Å². The van der Waals surface area contributed by atoms with Gasteiger partial charge < -0.3 is 14.4 Å². The van der Waals surface area contributed by atoms with Crippen LogP contribution in [0.5, 0.6) is 11.5 Å². The standard InChI is InChI=1S/C18H21N3O3/c1-11-17(12(2)20-10-19-11)18(22)21-6-5-13-7-15(23-3)16(24-4)8-14(13)9-21/h7-8,10H,5-6,9H2,1-4H3. The van der Waals surface area contributed by atoms with Crippen molar-refractivity contribution in [2.75, 3.05) is 20.8 Å². The lowest BCUT2D eigenvalue weighted by atomic mass is 9.98. The molecule has 1 aliphatic rings. The molecule has 0 saturated heterocycles. The maximum absolute atomic E-state index is 12.9. The Morgan fingerprint density at radius 1 is 1.04 bits per heavy atom. The van der Waals surface area contributed by atoms with Crippen LogP contribution in [-0.4, -0.2) is 41.5 Å². The average Bonchev–Trinajstić information content (AvgIpc) is 2.59. The Morgan fingerprint density at radius 2 is 1.62 bits per heavy atom. The lowest BCUT2D eigenvalue weighted by Gasteiger charge is -2.30. The highest BCUT2D eigenvalue weighted by Crippen LogP contribution is 2.33. The fourth-order valence-electron chi connectivity index (χ4n) is 3.12. The molecule has 0 N–H and O–H groups in total. The van der Waals surface area contributed by atoms with Crippen molar-refractivity contribution < 1.29 is 14.3 Å². The molecular weight excluding hydrogens is 306 g/mol. The highest BCUT2D eigenvalue weighted by atomic mass is 16.5. The Balaban J connectivity index is 1.91. The third-order valence-electron chi connectivity index (χ3n) is 4.45. The molecule has 1 aromatic heterocycles. The van der Waals surface area contributed by atoms with Crippen LogP contribution in [0.2, 0.25) is 0 Å². The number of methoxy groups -OCH3 is 2. The minimum atomic E-state index is -0.0222. The van der Waals surface area contributed by atoms with Gasteiger partial charge in [0, 0.05) is 13.1 Å². The first-order chi connectivity index (χ1) is 11.5. The molecule has 0 saturated carbocycles. The van der Waals surface area contributed by atoms with Crippen LogP contribution in [0, 0.1) is 13.8 Å². The van der Waals surface area contributed by atoms with Gasteiger partial charge in [-0.05, 0) is 43.5 Å². The van der Waals surface area contributed by atoms with Gasteiger partial charge in [-0.2, -0.15) is 0 Å². The van der Waals surface area contributed by atoms with E-state index in [0.717, 1.165) is 17.7 Å². The number of aromatic nitrogens is 2. The summed E-state index contributed by atoms with van der Waals surface area (Å²) in [7, 11) is 3.24. The first kappa shape index (κ1) is 16.2. The summed E-state index contributed by atoms with van der Waals surface area (Å²) in [5, 5.41) is 0. The van der Waals surface area contributed by atoms with Crippen molar-refractivity contribution >= 4 is 5.91 Å². The van der Waals surface area contributed by atoms with Crippen LogP contribution < -0.4 is 9.47 Å². The Morgan fingerprint density at radius 3 is 2.21 bits per heavy atom. The second-order valence-corrected chi connectivity index (χ2v) is 5.87. The third kappa shape index (κ3) is 2.79. The zero-order valence-electron chi connectivity index (χ0n) is 14.4. The molecule has 0 atom stereocenters. The highest BCUT2D eigenvalue weighted by Gasteiger charge is 2.26. The van der Waals surface area contributed by atoms with Gasteiger partial charge in [-0.25, -0.2) is 9.97 Å². The quantitative estimate of drug-likeness (QED) is 0.865. The van der Waals surface area contributed by atoms with Crippen molar-refractivity contribution in [1.29, 1.82) is 0 Å². The maximum atomic E-state index is 12.9. The summed E-state index contributed by atoms with van der Waals surface area (Å²) in [6, 6.07) is 3.95. The van der Waals surface area contributed by atoms with Crippen LogP contribution in [-0.2, 0) is 13.0 Å². The summed E-state index contributed by atoms with van der Waals surface area (Å²) in [4.78, 5) is 23.1. The summed E-state index contributed by atoms with van der Waals surface area (Å²) >= 11 is 0. The van der Waals surface area contributed by atoms with E-state index in [1.165, 1.54) is 11.9 Å². The second-order valence-electron chi connectivity index (χ2n) is 5.87. The predicted octanol–water partition coefficient (Wildman–Crippen LogP) is 2.31. The minimum Gasteiger partial charge on any atom is -0.493 e. The summed E-state index contributed by atoms with van der Waals surface area (Å²) in [6.07, 6.45) is 2.28. The van der Waals surface area contributed by atoms with E-state index in [1.807, 2.05) is 30.9 Å². The van der Waals surface area contributed by atoms with E-state index >= 15 is 0 Å². The lowest BCUT2D eigenvalue weighted by Crippen LogP contribution is -2.37. The molecule has 1 aliphatic heterocycles. The molecule has 0 unspecified atom stereocenters. The fourth-order valence-corrected chi connectivity index (χ4v) is 3.12. The van der Waals surface area contributed by atoms with Crippen LogP contribution in [0.25, 0.3) is 0 Å². The number of carbonyl (C=O) groups excluding carboxylic acids is 1. The largest absolute Gasteiger partial charge is 0.493 e. The SMILES string of the molecule is COc1cc2c(cc1OC)CN(C(=O)c1c(C)ncnc1C)CC2. The molecule has 0 bridgehead atoms. The number of nitrogens with zero attached hydrogens (tertiary/aromatic N) is 3. The summed E-state index contributed by atoms with van der Waals surface area (Å²) in [6.45, 7) is 4.89. The number of aryl methyl sites for hydroxylation is 2. The van der Waals surface area contributed by atoms with Gasteiger partial charge in [0.1, 0.15) is 6.33 Å². The number of hydrogen-bond acceptors (Lipinski definition) is 5. The molecule has 2 heterocycles. The predicted molar refractivity (Wildman–Crippen MR) is 89.5 cm³/mol. The van der Waals surface area contributed by atoms with Gasteiger partial charge in [-0.3, -0.25) is 4.79 Å². The average molecular weight is 327 g/mol. The topological polar surface area (TPSA) is 64.6 Å². The minimum absolute atomic E-state index is 0.0222.